The van der Waals surface area contributed by atoms with Gasteiger partial charge in [-0.1, -0.05) is 0 Å². The van der Waals surface area contributed by atoms with Gasteiger partial charge < -0.3 is 14.7 Å². The molecule has 0 bridgehead atoms. The summed E-state index contributed by atoms with van der Waals surface area (Å²) in [5.74, 6) is -0.228. The average molecular weight is 464 g/mol. The summed E-state index contributed by atoms with van der Waals surface area (Å²) in [7, 11) is 0. The van der Waals surface area contributed by atoms with Crippen LogP contribution >= 0.6 is 0 Å². The van der Waals surface area contributed by atoms with E-state index in [0.717, 1.165) is 12.3 Å². The third-order valence-corrected chi connectivity index (χ3v) is 6.21. The first-order valence-corrected chi connectivity index (χ1v) is 10.8. The average Bonchev–Trinajstić information content (AvgIpc) is 2.83. The second-order valence-corrected chi connectivity index (χ2v) is 8.29. The molecule has 4 rings (SSSR count). The van der Waals surface area contributed by atoms with E-state index < -0.39 is 17.6 Å². The van der Waals surface area contributed by atoms with Crippen molar-refractivity contribution in [3.05, 3.63) is 59.5 Å². The number of carbonyl (C=O) groups excluding carboxylic acids is 2. The summed E-state index contributed by atoms with van der Waals surface area (Å²) >= 11 is 0. The summed E-state index contributed by atoms with van der Waals surface area (Å²) in [5.41, 5.74) is -0.363. The summed E-state index contributed by atoms with van der Waals surface area (Å²) in [5, 5.41) is 0. The highest BCUT2D eigenvalue weighted by molar-refractivity contribution is 5.94. The minimum Gasteiger partial charge on any atom is -0.353 e. The summed E-state index contributed by atoms with van der Waals surface area (Å²) in [6.45, 7) is 2.84. The number of hydrogen-bond donors (Lipinski definition) is 0. The van der Waals surface area contributed by atoms with Crippen molar-refractivity contribution in [3.63, 3.8) is 0 Å². The summed E-state index contributed by atoms with van der Waals surface area (Å²) in [4.78, 5) is 34.8. The fraction of sp³-hybridized carbons (Fsp3) is 0.435. The Bertz CT molecular complexity index is 979. The molecule has 176 valence electrons. The zero-order valence-corrected chi connectivity index (χ0v) is 17.9. The summed E-state index contributed by atoms with van der Waals surface area (Å²) < 4.78 is 51.2. The predicted octanol–water partition coefficient (Wildman–Crippen LogP) is 3.44. The molecule has 33 heavy (non-hydrogen) atoms. The Labute approximate surface area is 188 Å². The van der Waals surface area contributed by atoms with Crippen molar-refractivity contribution in [2.24, 2.45) is 5.92 Å². The number of nitrogens with zero attached hydrogens (tertiary/aromatic N) is 4. The van der Waals surface area contributed by atoms with Crippen molar-refractivity contribution in [2.75, 3.05) is 44.2 Å². The van der Waals surface area contributed by atoms with E-state index in [-0.39, 0.29) is 17.7 Å². The number of piperazine rings is 1. The third-order valence-electron chi connectivity index (χ3n) is 6.21. The van der Waals surface area contributed by atoms with Gasteiger partial charge in [0.15, 0.2) is 0 Å². The number of anilines is 1. The van der Waals surface area contributed by atoms with Crippen LogP contribution in [0.3, 0.4) is 0 Å². The van der Waals surface area contributed by atoms with Gasteiger partial charge in [-0.3, -0.25) is 9.59 Å². The number of aromatic nitrogens is 1. The highest BCUT2D eigenvalue weighted by Crippen LogP contribution is 2.29. The van der Waals surface area contributed by atoms with E-state index in [1.54, 1.807) is 9.80 Å². The lowest BCUT2D eigenvalue weighted by Gasteiger charge is -2.39. The molecule has 1 aromatic heterocycles. The molecule has 0 radical (unpaired) electrons. The first kappa shape index (κ1) is 23.0. The maximum atomic E-state index is 13.1. The van der Waals surface area contributed by atoms with E-state index in [0.29, 0.717) is 63.5 Å². The number of rotatable bonds is 3. The molecule has 2 fully saturated rings. The van der Waals surface area contributed by atoms with Crippen LogP contribution in [0.1, 0.15) is 28.8 Å². The minimum absolute atomic E-state index is 0.0453. The van der Waals surface area contributed by atoms with Crippen LogP contribution < -0.4 is 4.90 Å². The Morgan fingerprint density at radius 1 is 0.848 bits per heavy atom. The molecule has 3 heterocycles. The molecule has 2 saturated heterocycles. The molecular formula is C23H24F4N4O2. The van der Waals surface area contributed by atoms with Gasteiger partial charge in [-0.15, -0.1) is 0 Å². The van der Waals surface area contributed by atoms with E-state index in [4.69, 9.17) is 0 Å². The maximum absolute atomic E-state index is 13.1. The standard InChI is InChI=1S/C23H24F4N4O2/c24-19-4-1-16(2-5-19)21(32)30-9-7-17(8-10-30)22(33)31-13-11-29(12-14-31)20-6-3-18(15-28-20)23(25,26)27/h1-6,15,17H,7-14H2. The zero-order chi connectivity index (χ0) is 23.6. The van der Waals surface area contributed by atoms with Gasteiger partial charge in [0.05, 0.1) is 5.56 Å². The number of halogens is 4. The van der Waals surface area contributed by atoms with E-state index in [2.05, 4.69) is 4.98 Å². The van der Waals surface area contributed by atoms with Gasteiger partial charge in [-0.05, 0) is 49.2 Å². The Hall–Kier alpha value is -3.17. The summed E-state index contributed by atoms with van der Waals surface area (Å²) in [6.07, 6.45) is -2.47. The second-order valence-electron chi connectivity index (χ2n) is 8.29. The van der Waals surface area contributed by atoms with Crippen LogP contribution in [0.4, 0.5) is 23.4 Å². The van der Waals surface area contributed by atoms with Gasteiger partial charge in [0, 0.05) is 56.9 Å². The van der Waals surface area contributed by atoms with Gasteiger partial charge in [0.25, 0.3) is 5.91 Å². The Morgan fingerprint density at radius 3 is 2.03 bits per heavy atom. The normalized spacial score (nSPS) is 17.9. The van der Waals surface area contributed by atoms with Crippen LogP contribution in [-0.2, 0) is 11.0 Å². The molecule has 0 saturated carbocycles. The lowest BCUT2D eigenvalue weighted by Crippen LogP contribution is -2.52. The van der Waals surface area contributed by atoms with Gasteiger partial charge in [-0.25, -0.2) is 9.37 Å². The molecule has 0 atom stereocenters. The lowest BCUT2D eigenvalue weighted by atomic mass is 9.94. The van der Waals surface area contributed by atoms with Crippen LogP contribution in [0, 0.1) is 11.7 Å². The third kappa shape index (κ3) is 5.26. The van der Waals surface area contributed by atoms with Gasteiger partial charge in [0.1, 0.15) is 11.6 Å². The molecule has 2 aliphatic heterocycles. The number of carbonyl (C=O) groups is 2. The molecule has 0 aliphatic carbocycles. The molecule has 10 heteroatoms. The van der Waals surface area contributed by atoms with E-state index in [1.807, 2.05) is 4.90 Å². The number of benzene rings is 1. The number of pyridine rings is 1. The SMILES string of the molecule is O=C(c1ccc(F)cc1)N1CCC(C(=O)N2CCN(c3ccc(C(F)(F)F)cn3)CC2)CC1. The molecule has 0 unspecified atom stereocenters. The molecule has 2 aliphatic rings. The van der Waals surface area contributed by atoms with Crippen molar-refractivity contribution < 1.29 is 27.2 Å². The van der Waals surface area contributed by atoms with Crippen LogP contribution in [0.5, 0.6) is 0 Å². The minimum atomic E-state index is -4.42. The fourth-order valence-electron chi connectivity index (χ4n) is 4.26. The largest absolute Gasteiger partial charge is 0.417 e. The maximum Gasteiger partial charge on any atom is 0.417 e. The number of piperidine rings is 1. The molecule has 2 aromatic rings. The van der Waals surface area contributed by atoms with E-state index >= 15 is 0 Å². The Balaban J connectivity index is 1.26. The molecule has 0 spiro atoms. The van der Waals surface area contributed by atoms with Crippen molar-refractivity contribution in [1.29, 1.82) is 0 Å². The summed E-state index contributed by atoms with van der Waals surface area (Å²) in [6, 6.07) is 7.79. The topological polar surface area (TPSA) is 56.8 Å². The molecule has 0 N–H and O–H groups in total. The number of hydrogen-bond acceptors (Lipinski definition) is 4. The zero-order valence-electron chi connectivity index (χ0n) is 17.9. The van der Waals surface area contributed by atoms with Crippen LogP contribution in [0.2, 0.25) is 0 Å². The van der Waals surface area contributed by atoms with Crippen LogP contribution in [0.25, 0.3) is 0 Å². The molecular weight excluding hydrogens is 440 g/mol. The fourth-order valence-corrected chi connectivity index (χ4v) is 4.26. The van der Waals surface area contributed by atoms with E-state index in [1.165, 1.54) is 30.3 Å². The Morgan fingerprint density at radius 2 is 1.48 bits per heavy atom. The van der Waals surface area contributed by atoms with Gasteiger partial charge >= 0.3 is 6.18 Å². The van der Waals surface area contributed by atoms with E-state index in [9.17, 15) is 27.2 Å². The lowest BCUT2D eigenvalue weighted by molar-refractivity contribution is -0.138. The van der Waals surface area contributed by atoms with Gasteiger partial charge in [0.2, 0.25) is 5.91 Å². The molecule has 1 aromatic carbocycles. The van der Waals surface area contributed by atoms with Crippen molar-refractivity contribution in [2.45, 2.75) is 19.0 Å². The number of alkyl halides is 3. The predicted molar refractivity (Wildman–Crippen MR) is 113 cm³/mol. The van der Waals surface area contributed by atoms with Crippen LogP contribution in [0.15, 0.2) is 42.6 Å². The first-order valence-electron chi connectivity index (χ1n) is 10.8. The molecule has 6 nitrogen and oxygen atoms in total. The highest BCUT2D eigenvalue weighted by Gasteiger charge is 2.33. The smallest absolute Gasteiger partial charge is 0.353 e. The highest BCUT2D eigenvalue weighted by atomic mass is 19.4. The van der Waals surface area contributed by atoms with Crippen molar-refractivity contribution in [3.8, 4) is 0 Å². The van der Waals surface area contributed by atoms with Gasteiger partial charge in [-0.2, -0.15) is 13.2 Å². The Kier molecular flexibility index (Phi) is 6.53. The first-order chi connectivity index (χ1) is 15.7. The van der Waals surface area contributed by atoms with Crippen molar-refractivity contribution >= 4 is 17.6 Å². The second kappa shape index (κ2) is 9.36. The molecule has 2 amide bonds. The van der Waals surface area contributed by atoms with Crippen molar-refractivity contribution in [1.82, 2.24) is 14.8 Å². The quantitative estimate of drug-likeness (QED) is 0.654. The number of amides is 2. The monoisotopic (exact) mass is 464 g/mol. The van der Waals surface area contributed by atoms with Crippen LogP contribution in [-0.4, -0.2) is 65.9 Å². The number of likely N-dealkylation sites (tertiary alicyclic amines) is 1.